The van der Waals surface area contributed by atoms with Crippen molar-refractivity contribution in [1.82, 2.24) is 0 Å². The van der Waals surface area contributed by atoms with Crippen LogP contribution >= 0.6 is 24.2 Å². The molecule has 12 atom stereocenters. The van der Waals surface area contributed by atoms with Crippen molar-refractivity contribution < 1.29 is 0 Å². The van der Waals surface area contributed by atoms with Gasteiger partial charge >= 0.3 is 0 Å². The second-order valence-electron chi connectivity index (χ2n) is 18.9. The number of rotatable bonds is 2. The monoisotopic (exact) mass is 860 g/mol. The maximum Gasteiger partial charge on any atom is 0.0181 e. The first-order valence-electron chi connectivity index (χ1n) is 19.5. The molecule has 0 spiro atoms. The van der Waals surface area contributed by atoms with Crippen LogP contribution in [0.5, 0.6) is 0 Å². The summed E-state index contributed by atoms with van der Waals surface area (Å²) in [6.07, 6.45) is 0. The lowest BCUT2D eigenvalue weighted by Gasteiger charge is -2.34. The van der Waals surface area contributed by atoms with Crippen molar-refractivity contribution in [3.63, 3.8) is 0 Å². The summed E-state index contributed by atoms with van der Waals surface area (Å²) in [6.45, 7) is 47.7. The Balaban J connectivity index is 0.000000178. The molecule has 292 valence electrons. The zero-order valence-electron chi connectivity index (χ0n) is 35.7. The number of hydrogen-bond donors (Lipinski definition) is 0. The summed E-state index contributed by atoms with van der Waals surface area (Å²) < 4.78 is 0. The molecule has 0 aromatic rings. The highest BCUT2D eigenvalue weighted by Crippen LogP contribution is 2.94. The fourth-order valence-electron chi connectivity index (χ4n) is 13.5. The highest BCUT2D eigenvalue weighted by Gasteiger charge is 2.67. The van der Waals surface area contributed by atoms with E-state index in [4.69, 9.17) is 47.2 Å². The van der Waals surface area contributed by atoms with Crippen LogP contribution in [0.3, 0.4) is 0 Å². The van der Waals surface area contributed by atoms with Gasteiger partial charge < -0.3 is 0 Å². The molecule has 0 saturated heterocycles. The van der Waals surface area contributed by atoms with E-state index in [1.54, 1.807) is 65.8 Å². The van der Waals surface area contributed by atoms with Crippen LogP contribution < -0.4 is 0 Å². The van der Waals surface area contributed by atoms with Gasteiger partial charge in [0.1, 0.15) is 0 Å². The Morgan fingerprint density at radius 1 is 0.321 bits per heavy atom. The van der Waals surface area contributed by atoms with Crippen LogP contribution in [0.4, 0.5) is 0 Å². The third-order valence-electron chi connectivity index (χ3n) is 19.1. The third-order valence-corrected chi connectivity index (χ3v) is 45.4. The molecule has 8 aliphatic heterocycles. The molecule has 0 saturated carbocycles. The lowest BCUT2D eigenvalue weighted by molar-refractivity contribution is 0.485. The average Bonchev–Trinajstić information content (AvgIpc) is 3.68. The quantitative estimate of drug-likeness (QED) is 0.254. The first-order chi connectivity index (χ1) is 23.5. The van der Waals surface area contributed by atoms with Gasteiger partial charge in [0.25, 0.3) is 0 Å². The third kappa shape index (κ3) is 3.94. The maximum absolute atomic E-state index is 6.62. The minimum atomic E-state index is -1.74. The van der Waals surface area contributed by atoms with Crippen LogP contribution in [0, 0.1) is 21.7 Å². The van der Waals surface area contributed by atoms with Gasteiger partial charge in [-0.25, -0.2) is 0 Å². The van der Waals surface area contributed by atoms with Gasteiger partial charge in [0.2, 0.25) is 0 Å². The van der Waals surface area contributed by atoms with E-state index in [9.17, 15) is 0 Å². The van der Waals surface area contributed by atoms with Crippen LogP contribution in [-0.4, -0.2) is 22.6 Å². The van der Waals surface area contributed by atoms with E-state index in [-0.39, 0.29) is 29.1 Å². The molecule has 4 unspecified atom stereocenters. The minimum Gasteiger partial charge on any atom is -0.0876 e. The Labute approximate surface area is 346 Å². The number of allylic oxidation sites excluding steroid dienone is 16. The van der Waals surface area contributed by atoms with E-state index in [1.807, 2.05) is 0 Å². The van der Waals surface area contributed by atoms with Gasteiger partial charge in [-0.3, -0.25) is 0 Å². The van der Waals surface area contributed by atoms with Gasteiger partial charge in [-0.2, -0.15) is 0 Å². The molecule has 8 heterocycles. The number of hydrogen-bond acceptors (Lipinski definition) is 4. The molecule has 0 N–H and O–H groups in total. The van der Waals surface area contributed by atoms with E-state index in [1.165, 1.54) is 21.3 Å². The first kappa shape index (κ1) is 43.1. The Kier molecular flexibility index (Phi) is 9.63. The van der Waals surface area contributed by atoms with Gasteiger partial charge in [-0.05, 0) is 126 Å². The molecular formula is C45H68P4S4. The Bertz CT molecular complexity index is 2040. The van der Waals surface area contributed by atoms with E-state index >= 15 is 0 Å². The van der Waals surface area contributed by atoms with Crippen molar-refractivity contribution >= 4 is 71.4 Å². The topological polar surface area (TPSA) is 0 Å². The van der Waals surface area contributed by atoms with Crippen molar-refractivity contribution in [2.24, 2.45) is 21.7 Å². The normalized spacial score (nSPS) is 49.3. The average molecular weight is 861 g/mol. The fraction of sp³-hybridized carbons (Fsp3) is 0.644. The van der Waals surface area contributed by atoms with E-state index in [0.29, 0.717) is 22.6 Å². The summed E-state index contributed by atoms with van der Waals surface area (Å²) in [5.41, 5.74) is 15.2. The molecule has 0 fully saturated rings. The molecule has 8 aliphatic rings. The van der Waals surface area contributed by atoms with Crippen molar-refractivity contribution in [2.45, 2.75) is 169 Å². The molecular weight excluding hydrogens is 793 g/mol. The van der Waals surface area contributed by atoms with E-state index < -0.39 is 24.2 Å². The molecule has 0 radical (unpaired) electrons. The second-order valence-corrected chi connectivity index (χ2v) is 38.6. The van der Waals surface area contributed by atoms with Gasteiger partial charge in [0.05, 0.1) is 0 Å². The summed E-state index contributed by atoms with van der Waals surface area (Å²) in [5.74, 6) is 0. The molecule has 8 rings (SSSR count). The minimum absolute atomic E-state index is 0. The summed E-state index contributed by atoms with van der Waals surface area (Å²) in [7, 11) is 0. The first-order valence-corrected chi connectivity index (χ1v) is 31.0. The Hall–Kier alpha value is 0.520. The smallest absolute Gasteiger partial charge is 0.0181 e. The standard InChI is InChI=1S/2C22H32P2S2.CH4/c2*1-11-15(5)23(25)17(7)21(11,9)13(3)19(23)20-14(4)22(10)12(2)16(6)24(20,26)18(22)8;/h2*17-18H,1-10H3;1H4/t2*17?,18?,21-,22-,23+,24+;/m10./s1. The molecule has 0 nitrogen and oxygen atoms in total. The molecule has 0 aromatic carbocycles. The molecule has 8 bridgehead atoms. The summed E-state index contributed by atoms with van der Waals surface area (Å²) in [6, 6.07) is -6.94. The number of fused-ring (bicyclic) bond motifs is 8. The predicted octanol–water partition coefficient (Wildman–Crippen LogP) is 16.5. The SMILES string of the molecule is C.CC1=C(C)[P@@]2(=S)C(C3=C(C)[C@@]4(C)C(C)=C(C)[P@]3(=S)C4C)=C(C)[C@]1(C)C2C.CC1=C(C)[P@]2(=S)C(C3=C(C)[C@]4(C)C(C)=C(C)[P@@]3(=S)C4C)=C(C)[C@@]1(C)C2C. The Morgan fingerprint density at radius 3 is 0.566 bits per heavy atom. The van der Waals surface area contributed by atoms with Gasteiger partial charge in [-0.15, -0.1) is 0 Å². The molecule has 53 heavy (non-hydrogen) atoms. The highest BCUT2D eigenvalue weighted by molar-refractivity contribution is 8.23. The lowest BCUT2D eigenvalue weighted by atomic mass is 9.72. The van der Waals surface area contributed by atoms with Crippen molar-refractivity contribution in [1.29, 1.82) is 0 Å². The van der Waals surface area contributed by atoms with Crippen molar-refractivity contribution in [3.05, 3.63) is 87.1 Å². The van der Waals surface area contributed by atoms with E-state index in [2.05, 4.69) is 138 Å². The Morgan fingerprint density at radius 2 is 0.453 bits per heavy atom. The zero-order valence-corrected chi connectivity index (χ0v) is 42.6. The van der Waals surface area contributed by atoms with Gasteiger partial charge in [-0.1, -0.05) is 155 Å². The van der Waals surface area contributed by atoms with Crippen LogP contribution in [0.25, 0.3) is 0 Å². The van der Waals surface area contributed by atoms with Gasteiger partial charge in [0, 0.05) is 68.4 Å². The van der Waals surface area contributed by atoms with Crippen LogP contribution in [0.1, 0.15) is 146 Å². The molecule has 0 amide bonds. The summed E-state index contributed by atoms with van der Waals surface area (Å²) >= 11 is 26.5. The highest BCUT2D eigenvalue weighted by atomic mass is 32.5. The zero-order chi connectivity index (χ0) is 39.5. The van der Waals surface area contributed by atoms with Crippen molar-refractivity contribution in [2.75, 3.05) is 0 Å². The second kappa shape index (κ2) is 11.8. The summed E-state index contributed by atoms with van der Waals surface area (Å²) in [5, 5.41) is 12.4. The van der Waals surface area contributed by atoms with Gasteiger partial charge in [0.15, 0.2) is 0 Å². The maximum atomic E-state index is 6.62. The largest absolute Gasteiger partial charge is 0.0876 e. The molecule has 0 aliphatic carbocycles. The lowest BCUT2D eigenvalue weighted by Crippen LogP contribution is -2.24. The van der Waals surface area contributed by atoms with E-state index in [0.717, 1.165) is 0 Å². The van der Waals surface area contributed by atoms with Crippen molar-refractivity contribution in [3.8, 4) is 0 Å². The summed E-state index contributed by atoms with van der Waals surface area (Å²) in [4.78, 5) is 0. The predicted molar refractivity (Wildman–Crippen MR) is 258 cm³/mol. The van der Waals surface area contributed by atoms with Crippen LogP contribution in [-0.2, 0) is 47.2 Å². The van der Waals surface area contributed by atoms with Crippen LogP contribution in [0.2, 0.25) is 0 Å². The van der Waals surface area contributed by atoms with Crippen LogP contribution in [0.15, 0.2) is 87.1 Å². The fourth-order valence-corrected chi connectivity index (χ4v) is 40.6. The molecule has 8 heteroatoms. The molecule has 0 aromatic heterocycles.